The van der Waals surface area contributed by atoms with E-state index in [1.165, 1.54) is 0 Å². The van der Waals surface area contributed by atoms with Gasteiger partial charge < -0.3 is 14.8 Å². The molecule has 0 saturated carbocycles. The van der Waals surface area contributed by atoms with Crippen LogP contribution in [-0.4, -0.2) is 36.6 Å². The molecule has 2 aromatic rings. The van der Waals surface area contributed by atoms with E-state index in [1.807, 2.05) is 6.07 Å². The number of carbonyl (C=O) groups excluding carboxylic acids is 3. The molecule has 4 amide bonds. The van der Waals surface area contributed by atoms with Crippen LogP contribution < -0.4 is 20.2 Å². The van der Waals surface area contributed by atoms with Crippen molar-refractivity contribution in [2.75, 3.05) is 13.7 Å². The van der Waals surface area contributed by atoms with Gasteiger partial charge in [0.05, 0.1) is 7.11 Å². The summed E-state index contributed by atoms with van der Waals surface area (Å²) < 4.78 is 10.4. The molecule has 1 heterocycles. The highest BCUT2D eigenvalue weighted by Gasteiger charge is 2.49. The molecule has 1 saturated heterocycles. The molecule has 8 nitrogen and oxygen atoms in total. The fourth-order valence-corrected chi connectivity index (χ4v) is 2.69. The van der Waals surface area contributed by atoms with E-state index in [0.29, 0.717) is 22.1 Å². The number of hydrogen-bond donors (Lipinski definition) is 2. The lowest BCUT2D eigenvalue weighted by atomic mass is 9.92. The predicted molar refractivity (Wildman–Crippen MR) is 95.8 cm³/mol. The zero-order valence-corrected chi connectivity index (χ0v) is 14.9. The summed E-state index contributed by atoms with van der Waals surface area (Å²) in [5.74, 6) is -0.0910. The summed E-state index contributed by atoms with van der Waals surface area (Å²) in [5.41, 5.74) is 1.65. The van der Waals surface area contributed by atoms with E-state index in [4.69, 9.17) is 9.47 Å². The van der Waals surface area contributed by atoms with Crippen LogP contribution in [0.5, 0.6) is 11.5 Å². The molecule has 2 N–H and O–H groups in total. The minimum absolute atomic E-state index is 0.356. The monoisotopic (exact) mass is 369 g/mol. The fraction of sp³-hybridized carbons (Fsp3) is 0.211. The zero-order chi connectivity index (χ0) is 19.4. The molecule has 1 fully saturated rings. The number of nitrogens with one attached hydrogen (secondary N) is 2. The van der Waals surface area contributed by atoms with Crippen molar-refractivity contribution in [2.24, 2.45) is 0 Å². The lowest BCUT2D eigenvalue weighted by molar-refractivity contribution is -0.139. The molecule has 0 radical (unpaired) electrons. The fourth-order valence-electron chi connectivity index (χ4n) is 2.69. The number of hydrogen-bond acceptors (Lipinski definition) is 5. The van der Waals surface area contributed by atoms with Crippen molar-refractivity contribution in [3.8, 4) is 11.5 Å². The van der Waals surface area contributed by atoms with Gasteiger partial charge in [-0.3, -0.25) is 15.0 Å². The Hall–Kier alpha value is -3.55. The number of methoxy groups -OCH3 is 1. The van der Waals surface area contributed by atoms with Crippen LogP contribution in [0.15, 0.2) is 54.6 Å². The standard InChI is InChI=1S/C19H19N3O5/c1-19(13-6-4-3-5-7-13)17(24)22(18(25)20-19)21-16(23)12-27-15-10-8-14(26-2)9-11-15/h3-11H,12H2,1-2H3,(H,20,25)(H,21,23)/t19-/m0/s1. The van der Waals surface area contributed by atoms with Crippen LogP contribution in [0.2, 0.25) is 0 Å². The topological polar surface area (TPSA) is 97.0 Å². The number of imide groups is 1. The summed E-state index contributed by atoms with van der Waals surface area (Å²) in [4.78, 5) is 37.0. The SMILES string of the molecule is COc1ccc(OCC(=O)NN2C(=O)N[C@@](C)(c3ccccc3)C2=O)cc1. The number of urea groups is 1. The highest BCUT2D eigenvalue weighted by molar-refractivity contribution is 6.08. The summed E-state index contributed by atoms with van der Waals surface area (Å²) in [5, 5.41) is 3.28. The molecule has 1 atom stereocenters. The van der Waals surface area contributed by atoms with Gasteiger partial charge in [-0.25, -0.2) is 4.79 Å². The first kappa shape index (κ1) is 18.2. The Morgan fingerprint density at radius 1 is 1.07 bits per heavy atom. The van der Waals surface area contributed by atoms with E-state index in [0.717, 1.165) is 0 Å². The van der Waals surface area contributed by atoms with Crippen molar-refractivity contribution in [3.05, 3.63) is 60.2 Å². The summed E-state index contributed by atoms with van der Waals surface area (Å²) in [6, 6.07) is 14.8. The number of hydrazine groups is 1. The maximum Gasteiger partial charge on any atom is 0.344 e. The van der Waals surface area contributed by atoms with E-state index < -0.39 is 23.4 Å². The molecule has 3 rings (SSSR count). The molecule has 0 bridgehead atoms. The first-order valence-electron chi connectivity index (χ1n) is 8.22. The van der Waals surface area contributed by atoms with Crippen molar-refractivity contribution in [1.82, 2.24) is 15.8 Å². The van der Waals surface area contributed by atoms with Crippen molar-refractivity contribution in [3.63, 3.8) is 0 Å². The van der Waals surface area contributed by atoms with Crippen LogP contribution in [0.25, 0.3) is 0 Å². The largest absolute Gasteiger partial charge is 0.497 e. The summed E-state index contributed by atoms with van der Waals surface area (Å²) in [7, 11) is 1.55. The smallest absolute Gasteiger partial charge is 0.344 e. The minimum Gasteiger partial charge on any atom is -0.497 e. The second-order valence-electron chi connectivity index (χ2n) is 6.06. The Morgan fingerprint density at radius 3 is 2.33 bits per heavy atom. The Morgan fingerprint density at radius 2 is 1.70 bits per heavy atom. The van der Waals surface area contributed by atoms with Gasteiger partial charge in [-0.05, 0) is 36.8 Å². The van der Waals surface area contributed by atoms with Gasteiger partial charge in [0.2, 0.25) is 0 Å². The van der Waals surface area contributed by atoms with Crippen molar-refractivity contribution >= 4 is 17.8 Å². The van der Waals surface area contributed by atoms with E-state index in [2.05, 4.69) is 10.7 Å². The van der Waals surface area contributed by atoms with Gasteiger partial charge in [-0.2, -0.15) is 5.01 Å². The average molecular weight is 369 g/mol. The van der Waals surface area contributed by atoms with Gasteiger partial charge in [0.25, 0.3) is 11.8 Å². The molecule has 8 heteroatoms. The molecule has 27 heavy (non-hydrogen) atoms. The number of ether oxygens (including phenoxy) is 2. The van der Waals surface area contributed by atoms with Gasteiger partial charge in [0, 0.05) is 0 Å². The first-order chi connectivity index (χ1) is 12.9. The second kappa shape index (κ2) is 7.36. The third-order valence-corrected chi connectivity index (χ3v) is 4.21. The normalized spacial score (nSPS) is 18.8. The van der Waals surface area contributed by atoms with Crippen LogP contribution >= 0.6 is 0 Å². The van der Waals surface area contributed by atoms with Crippen LogP contribution in [0.4, 0.5) is 4.79 Å². The van der Waals surface area contributed by atoms with E-state index >= 15 is 0 Å². The molecule has 140 valence electrons. The Bertz CT molecular complexity index is 853. The molecule has 0 aliphatic carbocycles. The first-order valence-corrected chi connectivity index (χ1v) is 8.22. The summed E-state index contributed by atoms with van der Waals surface area (Å²) in [6.07, 6.45) is 0. The van der Waals surface area contributed by atoms with Crippen LogP contribution in [0, 0.1) is 0 Å². The average Bonchev–Trinajstić information content (AvgIpc) is 2.91. The van der Waals surface area contributed by atoms with Crippen LogP contribution in [0.1, 0.15) is 12.5 Å². The predicted octanol–water partition coefficient (Wildman–Crippen LogP) is 1.57. The Kier molecular flexibility index (Phi) is 4.98. The number of nitrogens with zero attached hydrogens (tertiary/aromatic N) is 1. The third kappa shape index (κ3) is 3.69. The number of amides is 4. The number of benzene rings is 2. The van der Waals surface area contributed by atoms with Crippen LogP contribution in [0.3, 0.4) is 0 Å². The van der Waals surface area contributed by atoms with Gasteiger partial charge in [0.1, 0.15) is 17.0 Å². The van der Waals surface area contributed by atoms with E-state index in [-0.39, 0.29) is 6.61 Å². The maximum atomic E-state index is 12.7. The molecule has 0 spiro atoms. The molecule has 1 aliphatic rings. The Balaban J connectivity index is 1.62. The van der Waals surface area contributed by atoms with Gasteiger partial charge >= 0.3 is 6.03 Å². The summed E-state index contributed by atoms with van der Waals surface area (Å²) >= 11 is 0. The van der Waals surface area contributed by atoms with Crippen molar-refractivity contribution in [2.45, 2.75) is 12.5 Å². The van der Waals surface area contributed by atoms with Gasteiger partial charge in [0.15, 0.2) is 6.61 Å². The Labute approximate surface area is 156 Å². The molecule has 2 aromatic carbocycles. The quantitative estimate of drug-likeness (QED) is 0.754. The van der Waals surface area contributed by atoms with Gasteiger partial charge in [-0.15, -0.1) is 0 Å². The second-order valence-corrected chi connectivity index (χ2v) is 6.06. The number of carbonyl (C=O) groups is 3. The lowest BCUT2D eigenvalue weighted by Crippen LogP contribution is -2.49. The van der Waals surface area contributed by atoms with Crippen molar-refractivity contribution < 1.29 is 23.9 Å². The number of rotatable bonds is 6. The minimum atomic E-state index is -1.25. The van der Waals surface area contributed by atoms with Crippen molar-refractivity contribution in [1.29, 1.82) is 0 Å². The van der Waals surface area contributed by atoms with E-state index in [9.17, 15) is 14.4 Å². The highest BCUT2D eigenvalue weighted by Crippen LogP contribution is 2.27. The molecule has 1 aliphatic heterocycles. The zero-order valence-electron chi connectivity index (χ0n) is 14.9. The molecule has 0 aromatic heterocycles. The van der Waals surface area contributed by atoms with Crippen LogP contribution in [-0.2, 0) is 15.1 Å². The molecule has 0 unspecified atom stereocenters. The van der Waals surface area contributed by atoms with E-state index in [1.54, 1.807) is 62.6 Å². The highest BCUT2D eigenvalue weighted by atomic mass is 16.5. The lowest BCUT2D eigenvalue weighted by Gasteiger charge is -2.22. The van der Waals surface area contributed by atoms with Gasteiger partial charge in [-0.1, -0.05) is 30.3 Å². The molecular formula is C19H19N3O5. The summed E-state index contributed by atoms with van der Waals surface area (Å²) in [6.45, 7) is 1.23. The third-order valence-electron chi connectivity index (χ3n) is 4.21. The molecular weight excluding hydrogens is 350 g/mol. The maximum absolute atomic E-state index is 12.7.